The number of phenols is 1. The van der Waals surface area contributed by atoms with Gasteiger partial charge in [-0.3, -0.25) is 4.79 Å². The molecule has 4 N–H and O–H groups in total. The van der Waals surface area contributed by atoms with Gasteiger partial charge >= 0.3 is 0 Å². The summed E-state index contributed by atoms with van der Waals surface area (Å²) in [5.74, 6) is -0.120. The van der Waals surface area contributed by atoms with Gasteiger partial charge in [0.15, 0.2) is 0 Å². The molecule has 0 radical (unpaired) electrons. The Morgan fingerprint density at radius 1 is 1.29 bits per heavy atom. The van der Waals surface area contributed by atoms with Crippen molar-refractivity contribution in [2.45, 2.75) is 12.5 Å². The van der Waals surface area contributed by atoms with Crippen LogP contribution in [0.15, 0.2) is 46.9 Å². The van der Waals surface area contributed by atoms with E-state index in [2.05, 4.69) is 21.2 Å². The minimum absolute atomic E-state index is 0.180. The quantitative estimate of drug-likeness (QED) is 0.774. The van der Waals surface area contributed by atoms with Crippen LogP contribution in [0.4, 0.5) is 5.69 Å². The maximum Gasteiger partial charge on any atom is 0.241 e. The lowest BCUT2D eigenvalue weighted by molar-refractivity contribution is -0.117. The monoisotopic (exact) mass is 368 g/mol. The van der Waals surface area contributed by atoms with E-state index in [1.54, 1.807) is 42.5 Å². The summed E-state index contributed by atoms with van der Waals surface area (Å²) in [6.07, 6.45) is 0.379. The van der Waals surface area contributed by atoms with Crippen LogP contribution in [0, 0.1) is 0 Å². The largest absolute Gasteiger partial charge is 0.508 e. The Balaban J connectivity index is 2.02. The molecule has 1 amide bonds. The summed E-state index contributed by atoms with van der Waals surface area (Å²) in [5, 5.41) is 12.5. The first-order chi connectivity index (χ1) is 9.95. The van der Waals surface area contributed by atoms with Crippen LogP contribution in [0.5, 0.6) is 5.75 Å². The third-order valence-corrected chi connectivity index (χ3v) is 3.84. The summed E-state index contributed by atoms with van der Waals surface area (Å²) in [6, 6.07) is 11.0. The predicted molar refractivity (Wildman–Crippen MR) is 87.6 cm³/mol. The van der Waals surface area contributed by atoms with Gasteiger partial charge in [0, 0.05) is 9.50 Å². The van der Waals surface area contributed by atoms with Crippen molar-refractivity contribution in [3.8, 4) is 5.75 Å². The van der Waals surface area contributed by atoms with Crippen LogP contribution in [-0.2, 0) is 11.2 Å². The van der Waals surface area contributed by atoms with E-state index in [9.17, 15) is 9.90 Å². The summed E-state index contributed by atoms with van der Waals surface area (Å²) in [7, 11) is 0. The molecule has 0 heterocycles. The van der Waals surface area contributed by atoms with E-state index in [1.807, 2.05) is 0 Å². The molecule has 0 bridgehead atoms. The molecule has 0 aliphatic heterocycles. The van der Waals surface area contributed by atoms with Gasteiger partial charge in [-0.15, -0.1) is 0 Å². The van der Waals surface area contributed by atoms with E-state index in [0.29, 0.717) is 17.1 Å². The Morgan fingerprint density at radius 2 is 1.95 bits per heavy atom. The second-order valence-corrected chi connectivity index (χ2v) is 5.88. The first kappa shape index (κ1) is 15.8. The highest BCUT2D eigenvalue weighted by Gasteiger charge is 2.15. The van der Waals surface area contributed by atoms with Crippen molar-refractivity contribution in [3.63, 3.8) is 0 Å². The van der Waals surface area contributed by atoms with Crippen LogP contribution in [0.1, 0.15) is 5.56 Å². The molecule has 0 aliphatic rings. The number of anilines is 1. The molecule has 0 unspecified atom stereocenters. The van der Waals surface area contributed by atoms with E-state index in [-0.39, 0.29) is 11.7 Å². The Bertz CT molecular complexity index is 647. The van der Waals surface area contributed by atoms with Gasteiger partial charge in [0.1, 0.15) is 5.75 Å². The van der Waals surface area contributed by atoms with E-state index in [4.69, 9.17) is 17.3 Å². The second-order valence-electron chi connectivity index (χ2n) is 4.59. The molecule has 2 aromatic carbocycles. The summed E-state index contributed by atoms with van der Waals surface area (Å²) in [5.41, 5.74) is 7.35. The summed E-state index contributed by atoms with van der Waals surface area (Å²) < 4.78 is 0.733. The standard InChI is InChI=1S/C15H14BrClN2O2/c16-12-6-3-10(17)8-14(12)19-15(21)13(18)7-9-1-4-11(20)5-2-9/h1-6,8,13,20H,7,18H2,(H,19,21)/t13-/m1/s1. The predicted octanol–water partition coefficient (Wildman–Crippen LogP) is 3.32. The number of halogens is 2. The summed E-state index contributed by atoms with van der Waals surface area (Å²) in [6.45, 7) is 0. The topological polar surface area (TPSA) is 75.3 Å². The fourth-order valence-electron chi connectivity index (χ4n) is 1.80. The molecule has 0 fully saturated rings. The van der Waals surface area contributed by atoms with Crippen molar-refractivity contribution >= 4 is 39.1 Å². The lowest BCUT2D eigenvalue weighted by Crippen LogP contribution is -2.37. The smallest absolute Gasteiger partial charge is 0.241 e. The van der Waals surface area contributed by atoms with Gasteiger partial charge in [0.2, 0.25) is 5.91 Å². The molecular formula is C15H14BrClN2O2. The Morgan fingerprint density at radius 3 is 2.62 bits per heavy atom. The molecule has 2 aromatic rings. The van der Waals surface area contributed by atoms with Gasteiger partial charge in [-0.25, -0.2) is 0 Å². The number of phenolic OH excluding ortho intramolecular Hbond substituents is 1. The number of hydrogen-bond acceptors (Lipinski definition) is 3. The van der Waals surface area contributed by atoms with E-state index in [1.165, 1.54) is 0 Å². The van der Waals surface area contributed by atoms with Crippen LogP contribution in [0.25, 0.3) is 0 Å². The minimum atomic E-state index is -0.694. The van der Waals surface area contributed by atoms with Gasteiger partial charge in [0.25, 0.3) is 0 Å². The zero-order chi connectivity index (χ0) is 15.4. The highest BCUT2D eigenvalue weighted by atomic mass is 79.9. The molecule has 110 valence electrons. The number of carbonyl (C=O) groups excluding carboxylic acids is 1. The maximum atomic E-state index is 12.1. The number of aromatic hydroxyl groups is 1. The molecule has 1 atom stereocenters. The number of carbonyl (C=O) groups is 1. The van der Waals surface area contributed by atoms with Crippen molar-refractivity contribution in [1.82, 2.24) is 0 Å². The van der Waals surface area contributed by atoms with Gasteiger partial charge in [-0.2, -0.15) is 0 Å². The SMILES string of the molecule is N[C@H](Cc1ccc(O)cc1)C(=O)Nc1cc(Cl)ccc1Br. The van der Waals surface area contributed by atoms with Crippen molar-refractivity contribution in [3.05, 3.63) is 57.5 Å². The fourth-order valence-corrected chi connectivity index (χ4v) is 2.32. The van der Waals surface area contributed by atoms with Crippen LogP contribution >= 0.6 is 27.5 Å². The van der Waals surface area contributed by atoms with E-state index < -0.39 is 6.04 Å². The molecule has 0 saturated carbocycles. The number of rotatable bonds is 4. The number of amides is 1. The van der Waals surface area contributed by atoms with Crippen molar-refractivity contribution in [1.29, 1.82) is 0 Å². The second kappa shape index (κ2) is 6.93. The number of nitrogens with two attached hydrogens (primary N) is 1. The molecule has 0 aliphatic carbocycles. The molecule has 0 saturated heterocycles. The van der Waals surface area contributed by atoms with Gasteiger partial charge in [0.05, 0.1) is 11.7 Å². The zero-order valence-corrected chi connectivity index (χ0v) is 13.4. The van der Waals surface area contributed by atoms with Crippen LogP contribution < -0.4 is 11.1 Å². The van der Waals surface area contributed by atoms with Crippen molar-refractivity contribution in [2.24, 2.45) is 5.73 Å². The van der Waals surface area contributed by atoms with Crippen molar-refractivity contribution < 1.29 is 9.90 Å². The molecule has 4 nitrogen and oxygen atoms in total. The Hall–Kier alpha value is -1.56. The Kier molecular flexibility index (Phi) is 5.22. The lowest BCUT2D eigenvalue weighted by atomic mass is 10.1. The average Bonchev–Trinajstić information content (AvgIpc) is 2.45. The fraction of sp³-hybridized carbons (Fsp3) is 0.133. The molecular weight excluding hydrogens is 356 g/mol. The zero-order valence-electron chi connectivity index (χ0n) is 11.0. The first-order valence-corrected chi connectivity index (χ1v) is 7.42. The first-order valence-electron chi connectivity index (χ1n) is 6.25. The van der Waals surface area contributed by atoms with Gasteiger partial charge < -0.3 is 16.2 Å². The molecule has 0 spiro atoms. The minimum Gasteiger partial charge on any atom is -0.508 e. The van der Waals surface area contributed by atoms with E-state index in [0.717, 1.165) is 10.0 Å². The summed E-state index contributed by atoms with van der Waals surface area (Å²) >= 11 is 9.24. The third kappa shape index (κ3) is 4.46. The molecule has 2 rings (SSSR count). The van der Waals surface area contributed by atoms with Crippen LogP contribution in [0.3, 0.4) is 0 Å². The number of hydrogen-bond donors (Lipinski definition) is 3. The third-order valence-electron chi connectivity index (χ3n) is 2.92. The summed E-state index contributed by atoms with van der Waals surface area (Å²) in [4.78, 5) is 12.1. The maximum absolute atomic E-state index is 12.1. The number of nitrogens with one attached hydrogen (secondary N) is 1. The van der Waals surface area contributed by atoms with Crippen molar-refractivity contribution in [2.75, 3.05) is 5.32 Å². The normalized spacial score (nSPS) is 12.0. The molecule has 6 heteroatoms. The van der Waals surface area contributed by atoms with E-state index >= 15 is 0 Å². The Labute approximate surface area is 136 Å². The highest BCUT2D eigenvalue weighted by molar-refractivity contribution is 9.10. The van der Waals surface area contributed by atoms with Crippen LogP contribution in [0.2, 0.25) is 5.02 Å². The van der Waals surface area contributed by atoms with Gasteiger partial charge in [-0.1, -0.05) is 23.7 Å². The molecule has 21 heavy (non-hydrogen) atoms. The van der Waals surface area contributed by atoms with Crippen LogP contribution in [-0.4, -0.2) is 17.1 Å². The molecule has 0 aromatic heterocycles. The average molecular weight is 370 g/mol. The highest BCUT2D eigenvalue weighted by Crippen LogP contribution is 2.26. The van der Waals surface area contributed by atoms with Gasteiger partial charge in [-0.05, 0) is 58.2 Å². The number of benzene rings is 2. The lowest BCUT2D eigenvalue weighted by Gasteiger charge is -2.13.